The molecule has 3 nitrogen and oxygen atoms in total. The second-order valence-corrected chi connectivity index (χ2v) is 15.5. The van der Waals surface area contributed by atoms with Gasteiger partial charge in [-0.3, -0.25) is 4.79 Å². The largest absolute Gasteiger partial charge is 0.511 e. The summed E-state index contributed by atoms with van der Waals surface area (Å²) in [4.78, 5) is 14.1. The third-order valence-electron chi connectivity index (χ3n) is 12.6. The Morgan fingerprint density at radius 3 is 2.19 bits per heavy atom. The van der Waals surface area contributed by atoms with Crippen LogP contribution in [0.2, 0.25) is 0 Å². The SMILES string of the molecule is CC[C@@]1(C)CCC(C)(C)CCC2C(=O)C=C3[C@@]4(C)CC(C#N)=C(O)C(C)(C)[C@@H]4CC[C@@]3(C)[C@]2(C)CC1. The van der Waals surface area contributed by atoms with Gasteiger partial charge in [0.15, 0.2) is 5.78 Å². The Morgan fingerprint density at radius 2 is 1.58 bits per heavy atom. The highest BCUT2D eigenvalue weighted by molar-refractivity contribution is 5.95. The van der Waals surface area contributed by atoms with E-state index in [1.807, 2.05) is 6.08 Å². The lowest BCUT2D eigenvalue weighted by Crippen LogP contribution is -2.59. The Bertz CT molecular complexity index is 1040. The quantitative estimate of drug-likeness (QED) is 0.396. The topological polar surface area (TPSA) is 61.1 Å². The number of allylic oxidation sites excluding steroid dienone is 4. The molecule has 2 fully saturated rings. The van der Waals surface area contributed by atoms with E-state index in [4.69, 9.17) is 0 Å². The van der Waals surface area contributed by atoms with Crippen molar-refractivity contribution in [3.05, 3.63) is 23.0 Å². The molecule has 1 unspecified atom stereocenters. The van der Waals surface area contributed by atoms with Gasteiger partial charge in [-0.2, -0.15) is 5.26 Å². The maximum Gasteiger partial charge on any atom is 0.159 e. The van der Waals surface area contributed by atoms with Crippen molar-refractivity contribution in [3.63, 3.8) is 0 Å². The molecule has 0 aromatic carbocycles. The predicted octanol–water partition coefficient (Wildman–Crippen LogP) is 9.10. The van der Waals surface area contributed by atoms with Gasteiger partial charge in [-0.05, 0) is 96.9 Å². The normalized spacial score (nSPS) is 44.4. The Hall–Kier alpha value is -1.56. The number of aliphatic hydroxyl groups excluding tert-OH is 1. The fourth-order valence-corrected chi connectivity index (χ4v) is 9.29. The smallest absolute Gasteiger partial charge is 0.159 e. The number of hydrogen-bond acceptors (Lipinski definition) is 3. The van der Waals surface area contributed by atoms with Crippen LogP contribution in [0.4, 0.5) is 0 Å². The first kappa shape index (κ1) is 27.5. The zero-order valence-corrected chi connectivity index (χ0v) is 24.6. The standard InChI is InChI=1S/C33H51NO2/c1-10-30(6)16-15-28(2,3)13-11-23-24(35)19-26-31(7)20-22(21-34)27(36)29(4,5)25(31)12-14-33(26,9)32(23,8)18-17-30/h19,23,25,36H,10-18,20H2,1-9H3/t23?,25-,30-,31-,32+,33+/m0/s1. The summed E-state index contributed by atoms with van der Waals surface area (Å²) < 4.78 is 0. The number of fused-ring (bicyclic) bond motifs is 5. The number of aliphatic hydroxyl groups is 1. The number of carbonyl (C=O) groups excluding carboxylic acids is 1. The van der Waals surface area contributed by atoms with E-state index in [0.29, 0.717) is 23.2 Å². The van der Waals surface area contributed by atoms with Gasteiger partial charge in [-0.15, -0.1) is 0 Å². The summed E-state index contributed by atoms with van der Waals surface area (Å²) in [5.74, 6) is 0.855. The van der Waals surface area contributed by atoms with E-state index in [2.05, 4.69) is 68.4 Å². The summed E-state index contributed by atoms with van der Waals surface area (Å²) in [7, 11) is 0. The number of carbonyl (C=O) groups is 1. The van der Waals surface area contributed by atoms with Gasteiger partial charge in [-0.25, -0.2) is 0 Å². The molecule has 6 atom stereocenters. The average Bonchev–Trinajstić information content (AvgIpc) is 2.80. The van der Waals surface area contributed by atoms with E-state index in [1.54, 1.807) is 0 Å². The third kappa shape index (κ3) is 3.84. The van der Waals surface area contributed by atoms with Crippen LogP contribution in [0, 0.1) is 55.7 Å². The number of ketones is 1. The van der Waals surface area contributed by atoms with Crippen LogP contribution < -0.4 is 0 Å². The van der Waals surface area contributed by atoms with Gasteiger partial charge in [0.1, 0.15) is 5.76 Å². The predicted molar refractivity (Wildman–Crippen MR) is 147 cm³/mol. The Balaban J connectivity index is 1.87. The van der Waals surface area contributed by atoms with Gasteiger partial charge < -0.3 is 5.11 Å². The van der Waals surface area contributed by atoms with Crippen molar-refractivity contribution in [2.24, 2.45) is 44.3 Å². The van der Waals surface area contributed by atoms with Crippen molar-refractivity contribution >= 4 is 5.78 Å². The van der Waals surface area contributed by atoms with Crippen LogP contribution in [0.5, 0.6) is 0 Å². The molecule has 2 saturated carbocycles. The molecule has 4 aliphatic carbocycles. The van der Waals surface area contributed by atoms with Gasteiger partial charge >= 0.3 is 0 Å². The van der Waals surface area contributed by atoms with E-state index in [-0.39, 0.29) is 39.3 Å². The number of nitrogens with zero attached hydrogens (tertiary/aromatic N) is 1. The molecular formula is C33H51NO2. The molecule has 0 aromatic heterocycles. The highest BCUT2D eigenvalue weighted by Crippen LogP contribution is 2.72. The zero-order valence-electron chi connectivity index (χ0n) is 24.6. The molecule has 4 rings (SSSR count). The molecule has 0 spiro atoms. The van der Waals surface area contributed by atoms with Gasteiger partial charge in [0, 0.05) is 11.3 Å². The van der Waals surface area contributed by atoms with Crippen LogP contribution in [-0.2, 0) is 4.79 Å². The van der Waals surface area contributed by atoms with E-state index in [0.717, 1.165) is 32.1 Å². The Labute approximate surface area is 220 Å². The first-order chi connectivity index (χ1) is 16.5. The minimum absolute atomic E-state index is 0.0564. The van der Waals surface area contributed by atoms with Crippen molar-refractivity contribution in [3.8, 4) is 6.07 Å². The number of nitriles is 1. The van der Waals surface area contributed by atoms with Crippen molar-refractivity contribution in [2.75, 3.05) is 0 Å². The van der Waals surface area contributed by atoms with Gasteiger partial charge in [0.2, 0.25) is 0 Å². The summed E-state index contributed by atoms with van der Waals surface area (Å²) >= 11 is 0. The molecule has 0 aromatic rings. The highest BCUT2D eigenvalue weighted by atomic mass is 16.3. The molecule has 1 N–H and O–H groups in total. The van der Waals surface area contributed by atoms with Crippen LogP contribution in [0.1, 0.15) is 127 Å². The van der Waals surface area contributed by atoms with Crippen LogP contribution in [0.25, 0.3) is 0 Å². The lowest BCUT2D eigenvalue weighted by Gasteiger charge is -2.66. The summed E-state index contributed by atoms with van der Waals surface area (Å²) in [6.07, 6.45) is 12.6. The summed E-state index contributed by atoms with van der Waals surface area (Å²) in [5, 5.41) is 21.0. The zero-order chi connectivity index (χ0) is 26.9. The maximum absolute atomic E-state index is 14.1. The minimum Gasteiger partial charge on any atom is -0.511 e. The minimum atomic E-state index is -0.470. The van der Waals surface area contributed by atoms with E-state index in [9.17, 15) is 15.2 Å². The molecule has 0 bridgehead atoms. The van der Waals surface area contributed by atoms with Gasteiger partial charge in [0.05, 0.1) is 11.6 Å². The molecule has 3 heteroatoms. The molecule has 200 valence electrons. The van der Waals surface area contributed by atoms with Gasteiger partial charge in [-0.1, -0.05) is 74.3 Å². The summed E-state index contributed by atoms with van der Waals surface area (Å²) in [6, 6.07) is 2.33. The van der Waals surface area contributed by atoms with E-state index >= 15 is 0 Å². The summed E-state index contributed by atoms with van der Waals surface area (Å²) in [6.45, 7) is 21.0. The fraction of sp³-hybridized carbons (Fsp3) is 0.818. The van der Waals surface area contributed by atoms with E-state index in [1.165, 1.54) is 31.3 Å². The van der Waals surface area contributed by atoms with Crippen molar-refractivity contribution < 1.29 is 9.90 Å². The second-order valence-electron chi connectivity index (χ2n) is 15.5. The lowest BCUT2D eigenvalue weighted by atomic mass is 9.38. The first-order valence-electron chi connectivity index (χ1n) is 14.6. The highest BCUT2D eigenvalue weighted by Gasteiger charge is 2.65. The van der Waals surface area contributed by atoms with Crippen molar-refractivity contribution in [2.45, 2.75) is 127 Å². The molecule has 4 aliphatic rings. The molecule has 0 heterocycles. The monoisotopic (exact) mass is 493 g/mol. The molecule has 0 saturated heterocycles. The third-order valence-corrected chi connectivity index (χ3v) is 12.6. The number of rotatable bonds is 1. The first-order valence-corrected chi connectivity index (χ1v) is 14.6. The summed E-state index contributed by atoms with van der Waals surface area (Å²) in [5.41, 5.74) is 1.39. The Morgan fingerprint density at radius 1 is 0.944 bits per heavy atom. The maximum atomic E-state index is 14.1. The van der Waals surface area contributed by atoms with Crippen LogP contribution >= 0.6 is 0 Å². The van der Waals surface area contributed by atoms with Crippen molar-refractivity contribution in [1.29, 1.82) is 5.26 Å². The molecule has 0 aliphatic heterocycles. The lowest BCUT2D eigenvalue weighted by molar-refractivity contribution is -0.137. The van der Waals surface area contributed by atoms with Crippen LogP contribution in [0.3, 0.4) is 0 Å². The van der Waals surface area contributed by atoms with Crippen LogP contribution in [-0.4, -0.2) is 10.9 Å². The molecule has 36 heavy (non-hydrogen) atoms. The van der Waals surface area contributed by atoms with Crippen LogP contribution in [0.15, 0.2) is 23.0 Å². The van der Waals surface area contributed by atoms with Gasteiger partial charge in [0.25, 0.3) is 0 Å². The fourth-order valence-electron chi connectivity index (χ4n) is 9.29. The molecule has 0 amide bonds. The Kier molecular flexibility index (Phi) is 6.47. The molecule has 0 radical (unpaired) electrons. The van der Waals surface area contributed by atoms with E-state index < -0.39 is 5.41 Å². The second kappa shape index (κ2) is 8.47. The van der Waals surface area contributed by atoms with Crippen molar-refractivity contribution in [1.82, 2.24) is 0 Å². The molecular weight excluding hydrogens is 442 g/mol. The number of hydrogen-bond donors (Lipinski definition) is 1. The average molecular weight is 494 g/mol.